The number of imidazole rings is 1. The van der Waals surface area contributed by atoms with Crippen LogP contribution in [0.4, 0.5) is 11.9 Å². The molecule has 1 aliphatic heterocycles. The minimum atomic E-state index is 0.179. The van der Waals surface area contributed by atoms with Gasteiger partial charge in [0.25, 0.3) is 0 Å². The van der Waals surface area contributed by atoms with Crippen molar-refractivity contribution >= 4 is 11.9 Å². The van der Waals surface area contributed by atoms with E-state index in [0.717, 1.165) is 25.9 Å². The van der Waals surface area contributed by atoms with Gasteiger partial charge in [0, 0.05) is 32.1 Å². The smallest absolute Gasteiger partial charge is 0.243 e. The van der Waals surface area contributed by atoms with Crippen LogP contribution in [0.3, 0.4) is 0 Å². The number of nitrogen functional groups attached to an aromatic ring is 1. The Hall–Kier alpha value is -2.26. The highest BCUT2D eigenvalue weighted by molar-refractivity contribution is 5.40. The van der Waals surface area contributed by atoms with E-state index in [0.29, 0.717) is 17.8 Å². The zero-order valence-corrected chi connectivity index (χ0v) is 11.6. The van der Waals surface area contributed by atoms with Crippen molar-refractivity contribution < 1.29 is 5.11 Å². The van der Waals surface area contributed by atoms with Gasteiger partial charge < -0.3 is 10.0 Å². The van der Waals surface area contributed by atoms with Gasteiger partial charge in [0.15, 0.2) is 0 Å². The second-order valence-corrected chi connectivity index (χ2v) is 5.01. The molecule has 0 saturated carbocycles. The van der Waals surface area contributed by atoms with Gasteiger partial charge in [-0.25, -0.2) is 10.8 Å². The third kappa shape index (κ3) is 2.93. The number of aromatic nitrogens is 5. The number of anilines is 2. The van der Waals surface area contributed by atoms with Crippen molar-refractivity contribution in [2.75, 3.05) is 30.0 Å². The van der Waals surface area contributed by atoms with Crippen LogP contribution in [0.5, 0.6) is 0 Å². The standard InChI is InChI=1S/C12H18N8O/c13-18-10-15-11(19-4-1-2-9(6-19)7-21)17-12(16-10)20-5-3-14-8-20/h3,5,8-9,21H,1-2,4,6-7,13H2,(H,15,16,17,18). The van der Waals surface area contributed by atoms with Crippen molar-refractivity contribution in [1.82, 2.24) is 24.5 Å². The Morgan fingerprint density at radius 1 is 1.33 bits per heavy atom. The van der Waals surface area contributed by atoms with Gasteiger partial charge in [-0.1, -0.05) is 0 Å². The van der Waals surface area contributed by atoms with Gasteiger partial charge in [0.1, 0.15) is 6.33 Å². The van der Waals surface area contributed by atoms with E-state index in [1.54, 1.807) is 23.3 Å². The minimum absolute atomic E-state index is 0.179. The molecule has 0 amide bonds. The molecule has 0 bridgehead atoms. The number of aliphatic hydroxyl groups excluding tert-OH is 1. The maximum absolute atomic E-state index is 9.34. The average molecular weight is 290 g/mol. The Morgan fingerprint density at radius 2 is 2.19 bits per heavy atom. The van der Waals surface area contributed by atoms with Crippen molar-refractivity contribution in [1.29, 1.82) is 0 Å². The number of nitrogens with zero attached hydrogens (tertiary/aromatic N) is 6. The molecule has 1 atom stereocenters. The fourth-order valence-electron chi connectivity index (χ4n) is 2.45. The number of nitrogens with two attached hydrogens (primary N) is 1. The molecule has 9 heteroatoms. The molecule has 0 radical (unpaired) electrons. The van der Waals surface area contributed by atoms with Crippen molar-refractivity contribution in [3.63, 3.8) is 0 Å². The molecule has 0 aliphatic carbocycles. The van der Waals surface area contributed by atoms with Crippen molar-refractivity contribution in [3.8, 4) is 5.95 Å². The van der Waals surface area contributed by atoms with Gasteiger partial charge in [-0.3, -0.25) is 9.99 Å². The third-order valence-corrected chi connectivity index (χ3v) is 3.54. The molecule has 2 aromatic heterocycles. The Kier molecular flexibility index (Phi) is 3.93. The van der Waals surface area contributed by atoms with E-state index in [1.807, 2.05) is 4.90 Å². The number of hydrazine groups is 1. The van der Waals surface area contributed by atoms with Crippen LogP contribution in [0.25, 0.3) is 5.95 Å². The van der Waals surface area contributed by atoms with E-state index in [4.69, 9.17) is 5.84 Å². The number of nitrogens with one attached hydrogen (secondary N) is 1. The first kappa shape index (κ1) is 13.7. The number of rotatable bonds is 4. The summed E-state index contributed by atoms with van der Waals surface area (Å²) in [5.74, 6) is 7.00. The normalized spacial score (nSPS) is 18.8. The average Bonchev–Trinajstić information content (AvgIpc) is 3.09. The van der Waals surface area contributed by atoms with Gasteiger partial charge in [-0.2, -0.15) is 15.0 Å². The molecular weight excluding hydrogens is 272 g/mol. The van der Waals surface area contributed by atoms with Gasteiger partial charge in [0.2, 0.25) is 17.8 Å². The lowest BCUT2D eigenvalue weighted by Crippen LogP contribution is -2.38. The lowest BCUT2D eigenvalue weighted by atomic mass is 9.99. The third-order valence-electron chi connectivity index (χ3n) is 3.54. The summed E-state index contributed by atoms with van der Waals surface area (Å²) in [6.07, 6.45) is 7.05. The molecule has 3 heterocycles. The monoisotopic (exact) mass is 290 g/mol. The van der Waals surface area contributed by atoms with E-state index in [2.05, 4.69) is 25.4 Å². The molecule has 9 nitrogen and oxygen atoms in total. The largest absolute Gasteiger partial charge is 0.396 e. The molecule has 1 aliphatic rings. The molecule has 4 N–H and O–H groups in total. The first-order valence-electron chi connectivity index (χ1n) is 6.87. The highest BCUT2D eigenvalue weighted by atomic mass is 16.3. The number of hydrogen-bond donors (Lipinski definition) is 3. The number of piperidine rings is 1. The fourth-order valence-corrected chi connectivity index (χ4v) is 2.45. The predicted molar refractivity (Wildman–Crippen MR) is 76.8 cm³/mol. The number of aliphatic hydroxyl groups is 1. The van der Waals surface area contributed by atoms with Crippen LogP contribution < -0.4 is 16.2 Å². The SMILES string of the molecule is NNc1nc(N2CCCC(CO)C2)nc(-n2ccnc2)n1. The van der Waals surface area contributed by atoms with Gasteiger partial charge in [-0.15, -0.1) is 0 Å². The molecule has 112 valence electrons. The molecule has 1 saturated heterocycles. The Morgan fingerprint density at radius 3 is 2.90 bits per heavy atom. The summed E-state index contributed by atoms with van der Waals surface area (Å²) < 4.78 is 1.69. The molecule has 1 fully saturated rings. The minimum Gasteiger partial charge on any atom is -0.396 e. The zero-order valence-electron chi connectivity index (χ0n) is 11.6. The van der Waals surface area contributed by atoms with Gasteiger partial charge in [0.05, 0.1) is 0 Å². The van der Waals surface area contributed by atoms with Gasteiger partial charge in [-0.05, 0) is 18.8 Å². The quantitative estimate of drug-likeness (QED) is 0.512. The lowest BCUT2D eigenvalue weighted by Gasteiger charge is -2.31. The van der Waals surface area contributed by atoms with Gasteiger partial charge >= 0.3 is 0 Å². The van der Waals surface area contributed by atoms with Crippen LogP contribution in [0.2, 0.25) is 0 Å². The first-order valence-corrected chi connectivity index (χ1v) is 6.87. The Labute approximate surface area is 121 Å². The van der Waals surface area contributed by atoms with Crippen LogP contribution in [-0.2, 0) is 0 Å². The molecular formula is C12H18N8O. The second kappa shape index (κ2) is 6.02. The highest BCUT2D eigenvalue weighted by Crippen LogP contribution is 2.21. The molecule has 0 aromatic carbocycles. The Bertz CT molecular complexity index is 587. The summed E-state index contributed by atoms with van der Waals surface area (Å²) in [7, 11) is 0. The summed E-state index contributed by atoms with van der Waals surface area (Å²) in [6, 6.07) is 0. The maximum atomic E-state index is 9.34. The predicted octanol–water partition coefficient (Wildman–Crippen LogP) is -0.448. The molecule has 21 heavy (non-hydrogen) atoms. The van der Waals surface area contributed by atoms with E-state index in [1.165, 1.54) is 0 Å². The van der Waals surface area contributed by atoms with E-state index in [-0.39, 0.29) is 12.5 Å². The maximum Gasteiger partial charge on any atom is 0.243 e. The van der Waals surface area contributed by atoms with Crippen LogP contribution in [0.15, 0.2) is 18.7 Å². The van der Waals surface area contributed by atoms with Crippen LogP contribution in [-0.4, -0.2) is 49.3 Å². The fraction of sp³-hybridized carbons (Fsp3) is 0.500. The summed E-state index contributed by atoms with van der Waals surface area (Å²) >= 11 is 0. The molecule has 3 rings (SSSR count). The summed E-state index contributed by atoms with van der Waals surface area (Å²) in [6.45, 7) is 1.76. The zero-order chi connectivity index (χ0) is 14.7. The molecule has 2 aromatic rings. The highest BCUT2D eigenvalue weighted by Gasteiger charge is 2.22. The van der Waals surface area contributed by atoms with Crippen molar-refractivity contribution in [2.24, 2.45) is 11.8 Å². The second-order valence-electron chi connectivity index (χ2n) is 5.01. The summed E-state index contributed by atoms with van der Waals surface area (Å²) in [5, 5.41) is 9.34. The topological polar surface area (TPSA) is 118 Å². The van der Waals surface area contributed by atoms with Crippen LogP contribution in [0.1, 0.15) is 12.8 Å². The first-order chi connectivity index (χ1) is 10.3. The van der Waals surface area contributed by atoms with Crippen molar-refractivity contribution in [3.05, 3.63) is 18.7 Å². The van der Waals surface area contributed by atoms with Crippen molar-refractivity contribution in [2.45, 2.75) is 12.8 Å². The summed E-state index contributed by atoms with van der Waals surface area (Å²) in [4.78, 5) is 19.0. The van der Waals surface area contributed by atoms with E-state index >= 15 is 0 Å². The van der Waals surface area contributed by atoms with Crippen LogP contribution >= 0.6 is 0 Å². The molecule has 0 spiro atoms. The van der Waals surface area contributed by atoms with E-state index in [9.17, 15) is 5.11 Å². The summed E-state index contributed by atoms with van der Waals surface area (Å²) in [5.41, 5.74) is 2.46. The Balaban J connectivity index is 1.92. The van der Waals surface area contributed by atoms with Crippen LogP contribution in [0, 0.1) is 5.92 Å². The van der Waals surface area contributed by atoms with E-state index < -0.39 is 0 Å². The molecule has 1 unspecified atom stereocenters. The number of hydrogen-bond acceptors (Lipinski definition) is 8. The lowest BCUT2D eigenvalue weighted by molar-refractivity contribution is 0.208.